The van der Waals surface area contributed by atoms with Crippen molar-refractivity contribution in [2.24, 2.45) is 0 Å². The smallest absolute Gasteiger partial charge is 0.134 e. The van der Waals surface area contributed by atoms with Gasteiger partial charge in [-0.1, -0.05) is 18.2 Å². The fourth-order valence-corrected chi connectivity index (χ4v) is 3.67. The maximum Gasteiger partial charge on any atom is 0.134 e. The molecule has 0 aromatic heterocycles. The fraction of sp³-hybridized carbons (Fsp3) is 0.190. The third kappa shape index (κ3) is 3.54. The van der Waals surface area contributed by atoms with Gasteiger partial charge in [-0.2, -0.15) is 0 Å². The molecule has 2 aromatic rings. The molecule has 0 heterocycles. The summed E-state index contributed by atoms with van der Waals surface area (Å²) in [7, 11) is -1.01. The maximum atomic E-state index is 13.7. The third-order valence-electron chi connectivity index (χ3n) is 4.40. The summed E-state index contributed by atoms with van der Waals surface area (Å²) in [6.07, 6.45) is 3.98. The second-order valence-electron chi connectivity index (χ2n) is 6.25. The molecule has 1 unspecified atom stereocenters. The number of carbonyl (C=O) groups excluding carboxylic acids is 1. The average molecular weight is 354 g/mol. The van der Waals surface area contributed by atoms with Crippen LogP contribution in [0.25, 0.3) is 17.2 Å². The first-order valence-corrected chi connectivity index (χ1v) is 9.57. The van der Waals surface area contributed by atoms with Gasteiger partial charge in [0.2, 0.25) is 0 Å². The lowest BCUT2D eigenvalue weighted by Gasteiger charge is -2.05. The van der Waals surface area contributed by atoms with E-state index in [9.17, 15) is 13.4 Å². The Hall–Kier alpha value is -2.33. The van der Waals surface area contributed by atoms with E-state index >= 15 is 0 Å². The molecule has 1 aliphatic carbocycles. The summed E-state index contributed by atoms with van der Waals surface area (Å²) in [5.74, 6) is -0.246. The molecule has 0 saturated carbocycles. The summed E-state index contributed by atoms with van der Waals surface area (Å²) < 4.78 is 25.2. The Balaban J connectivity index is 2.10. The molecule has 25 heavy (non-hydrogen) atoms. The molecule has 1 atom stereocenters. The Morgan fingerprint density at radius 1 is 1.12 bits per heavy atom. The molecule has 128 valence electrons. The van der Waals surface area contributed by atoms with Crippen LogP contribution in [0.15, 0.2) is 52.9 Å². The van der Waals surface area contributed by atoms with Crippen LogP contribution in [-0.4, -0.2) is 16.2 Å². The quantitative estimate of drug-likeness (QED) is 0.785. The van der Waals surface area contributed by atoms with Gasteiger partial charge in [-0.3, -0.25) is 9.00 Å². The average Bonchev–Trinajstić information content (AvgIpc) is 2.80. The Kier molecular flexibility index (Phi) is 4.82. The van der Waals surface area contributed by atoms with Crippen LogP contribution < -0.4 is 0 Å². The SMILES string of the molecule is CC(=O)CC1=C(C)C(=Cc2ccc(S(C)=O)cc2)c2ccc(F)cc21. The van der Waals surface area contributed by atoms with Gasteiger partial charge in [-0.25, -0.2) is 4.39 Å². The summed E-state index contributed by atoms with van der Waals surface area (Å²) >= 11 is 0. The van der Waals surface area contributed by atoms with Crippen LogP contribution >= 0.6 is 0 Å². The molecule has 2 aromatic carbocycles. The number of hydrogen-bond donors (Lipinski definition) is 0. The van der Waals surface area contributed by atoms with E-state index in [1.54, 1.807) is 19.2 Å². The Morgan fingerprint density at radius 3 is 2.40 bits per heavy atom. The molecule has 0 aliphatic heterocycles. The first-order valence-electron chi connectivity index (χ1n) is 8.02. The second-order valence-corrected chi connectivity index (χ2v) is 7.63. The summed E-state index contributed by atoms with van der Waals surface area (Å²) in [6.45, 7) is 3.52. The van der Waals surface area contributed by atoms with Crippen LogP contribution in [0.3, 0.4) is 0 Å². The summed E-state index contributed by atoms with van der Waals surface area (Å²) in [4.78, 5) is 12.4. The van der Waals surface area contributed by atoms with Crippen molar-refractivity contribution in [3.05, 3.63) is 70.5 Å². The minimum Gasteiger partial charge on any atom is -0.300 e. The number of fused-ring (bicyclic) bond motifs is 1. The molecule has 0 bridgehead atoms. The number of benzene rings is 2. The molecule has 1 aliphatic rings. The van der Waals surface area contributed by atoms with Crippen LogP contribution in [0, 0.1) is 5.82 Å². The molecular formula is C21H19FO2S. The van der Waals surface area contributed by atoms with E-state index in [1.807, 2.05) is 37.3 Å². The van der Waals surface area contributed by atoms with Gasteiger partial charge in [0.1, 0.15) is 11.6 Å². The number of carbonyl (C=O) groups is 1. The zero-order valence-electron chi connectivity index (χ0n) is 14.4. The van der Waals surface area contributed by atoms with E-state index in [0.717, 1.165) is 38.3 Å². The van der Waals surface area contributed by atoms with Crippen molar-refractivity contribution >= 4 is 33.8 Å². The molecule has 0 fully saturated rings. The predicted molar refractivity (Wildman–Crippen MR) is 101 cm³/mol. The monoisotopic (exact) mass is 354 g/mol. The van der Waals surface area contributed by atoms with Gasteiger partial charge in [-0.15, -0.1) is 0 Å². The third-order valence-corrected chi connectivity index (χ3v) is 5.34. The molecule has 0 amide bonds. The zero-order chi connectivity index (χ0) is 18.1. The van der Waals surface area contributed by atoms with Crippen LogP contribution in [0.1, 0.15) is 37.0 Å². The number of Topliss-reactive ketones (excluding diaryl/α,β-unsaturated/α-hetero) is 1. The van der Waals surface area contributed by atoms with Crippen LogP contribution in [0.2, 0.25) is 0 Å². The minimum atomic E-state index is -1.01. The van der Waals surface area contributed by atoms with Crippen LogP contribution in [0.4, 0.5) is 4.39 Å². The maximum absolute atomic E-state index is 13.7. The van der Waals surface area contributed by atoms with Gasteiger partial charge in [0.15, 0.2) is 0 Å². The summed E-state index contributed by atoms with van der Waals surface area (Å²) in [6, 6.07) is 12.2. The van der Waals surface area contributed by atoms with E-state index in [1.165, 1.54) is 12.1 Å². The first kappa shape index (κ1) is 17.5. The Bertz CT molecular complexity index is 937. The van der Waals surface area contributed by atoms with Gasteiger partial charge < -0.3 is 0 Å². The summed E-state index contributed by atoms with van der Waals surface area (Å²) in [5, 5.41) is 0. The van der Waals surface area contributed by atoms with Crippen molar-refractivity contribution in [3.8, 4) is 0 Å². The highest BCUT2D eigenvalue weighted by Gasteiger charge is 2.24. The molecule has 0 N–H and O–H groups in total. The number of halogens is 1. The van der Waals surface area contributed by atoms with E-state index in [0.29, 0.717) is 6.42 Å². The number of allylic oxidation sites excluding steroid dienone is 3. The zero-order valence-corrected chi connectivity index (χ0v) is 15.2. The highest BCUT2D eigenvalue weighted by molar-refractivity contribution is 7.84. The minimum absolute atomic E-state index is 0.0561. The van der Waals surface area contributed by atoms with Gasteiger partial charge in [0, 0.05) is 28.4 Å². The molecular weight excluding hydrogens is 335 g/mol. The normalized spacial score (nSPS) is 16.2. The number of ketones is 1. The molecule has 2 nitrogen and oxygen atoms in total. The van der Waals surface area contributed by atoms with E-state index in [2.05, 4.69) is 0 Å². The Labute approximate surface area is 149 Å². The lowest BCUT2D eigenvalue weighted by atomic mass is 10.0. The summed E-state index contributed by atoms with van der Waals surface area (Å²) in [5.41, 5.74) is 5.60. The fourth-order valence-electron chi connectivity index (χ4n) is 3.15. The van der Waals surface area contributed by atoms with Gasteiger partial charge >= 0.3 is 0 Å². The Morgan fingerprint density at radius 2 is 1.80 bits per heavy atom. The lowest BCUT2D eigenvalue weighted by molar-refractivity contribution is -0.116. The molecule has 4 heteroatoms. The van der Waals surface area contributed by atoms with Crippen molar-refractivity contribution in [3.63, 3.8) is 0 Å². The van der Waals surface area contributed by atoms with Gasteiger partial charge in [0.05, 0.1) is 0 Å². The van der Waals surface area contributed by atoms with E-state index in [-0.39, 0.29) is 11.6 Å². The molecule has 0 saturated heterocycles. The van der Waals surface area contributed by atoms with E-state index < -0.39 is 10.8 Å². The molecule has 0 spiro atoms. The first-order chi connectivity index (χ1) is 11.9. The highest BCUT2D eigenvalue weighted by Crippen LogP contribution is 2.43. The van der Waals surface area contributed by atoms with Crippen LogP contribution in [-0.2, 0) is 15.6 Å². The van der Waals surface area contributed by atoms with Crippen molar-refractivity contribution in [2.45, 2.75) is 25.2 Å². The van der Waals surface area contributed by atoms with Gasteiger partial charge in [-0.05, 0) is 77.6 Å². The standard InChI is InChI=1S/C21H19FO2S/c1-13(23)10-19-14(2)20(18-9-6-16(22)12-21(18)19)11-15-4-7-17(8-5-15)25(3)24/h4-9,11-12H,10H2,1-3H3. The van der Waals surface area contributed by atoms with E-state index in [4.69, 9.17) is 0 Å². The highest BCUT2D eigenvalue weighted by atomic mass is 32.2. The van der Waals surface area contributed by atoms with Gasteiger partial charge in [0.25, 0.3) is 0 Å². The van der Waals surface area contributed by atoms with Crippen molar-refractivity contribution < 1.29 is 13.4 Å². The van der Waals surface area contributed by atoms with Crippen LogP contribution in [0.5, 0.6) is 0 Å². The second kappa shape index (κ2) is 6.89. The molecule has 0 radical (unpaired) electrons. The van der Waals surface area contributed by atoms with Crippen molar-refractivity contribution in [2.75, 3.05) is 6.26 Å². The number of rotatable bonds is 4. The predicted octanol–water partition coefficient (Wildman–Crippen LogP) is 4.87. The molecule has 3 rings (SSSR count). The topological polar surface area (TPSA) is 34.1 Å². The number of hydrogen-bond acceptors (Lipinski definition) is 2. The largest absolute Gasteiger partial charge is 0.300 e. The lowest BCUT2D eigenvalue weighted by Crippen LogP contribution is -1.93. The van der Waals surface area contributed by atoms with Crippen molar-refractivity contribution in [1.82, 2.24) is 0 Å². The van der Waals surface area contributed by atoms with Crippen molar-refractivity contribution in [1.29, 1.82) is 0 Å².